The van der Waals surface area contributed by atoms with Gasteiger partial charge in [-0.3, -0.25) is 9.78 Å². The van der Waals surface area contributed by atoms with Crippen LogP contribution < -0.4 is 5.56 Å². The van der Waals surface area contributed by atoms with E-state index in [2.05, 4.69) is 10.1 Å². The number of alkyl halides is 4. The minimum atomic E-state index is -4.85. The number of fused-ring (bicyclic) bond motifs is 1. The zero-order chi connectivity index (χ0) is 20.8. The Hall–Kier alpha value is -2.98. The van der Waals surface area contributed by atoms with Crippen LogP contribution in [0.5, 0.6) is 6.01 Å². The lowest BCUT2D eigenvalue weighted by Crippen LogP contribution is -2.20. The van der Waals surface area contributed by atoms with Crippen molar-refractivity contribution >= 4 is 11.0 Å². The van der Waals surface area contributed by atoms with Gasteiger partial charge < -0.3 is 5.11 Å². The quantitative estimate of drug-likeness (QED) is 0.652. The van der Waals surface area contributed by atoms with Crippen LogP contribution in [0.4, 0.5) is 22.0 Å². The van der Waals surface area contributed by atoms with Crippen molar-refractivity contribution in [1.29, 1.82) is 0 Å². The van der Waals surface area contributed by atoms with E-state index in [9.17, 15) is 31.9 Å². The second kappa shape index (κ2) is 6.88. The molecule has 1 aromatic carbocycles. The van der Waals surface area contributed by atoms with Crippen molar-refractivity contribution in [2.75, 3.05) is 0 Å². The van der Waals surface area contributed by atoms with Gasteiger partial charge in [0, 0.05) is 0 Å². The number of H-pyrrole nitrogens is 1. The first-order chi connectivity index (χ1) is 13.0. The molecule has 0 saturated heterocycles. The van der Waals surface area contributed by atoms with Gasteiger partial charge in [0.1, 0.15) is 23.6 Å². The molecule has 3 rings (SSSR count). The van der Waals surface area contributed by atoms with Crippen molar-refractivity contribution in [3.05, 3.63) is 51.2 Å². The SMILES string of the molecule is CC(C)[C@@H](c1ccc(C(F)(F)F)c(F)c1)n1nc(CF)c2c(=O)[nH]c(O)nc21. The van der Waals surface area contributed by atoms with Crippen LogP contribution in [-0.2, 0) is 12.9 Å². The fourth-order valence-electron chi connectivity index (χ4n) is 3.14. The fourth-order valence-corrected chi connectivity index (χ4v) is 3.14. The molecule has 0 radical (unpaired) electrons. The van der Waals surface area contributed by atoms with Gasteiger partial charge in [-0.1, -0.05) is 19.9 Å². The van der Waals surface area contributed by atoms with Crippen LogP contribution in [-0.4, -0.2) is 24.9 Å². The Morgan fingerprint density at radius 3 is 2.50 bits per heavy atom. The zero-order valence-corrected chi connectivity index (χ0v) is 14.7. The summed E-state index contributed by atoms with van der Waals surface area (Å²) in [6.45, 7) is 2.27. The Morgan fingerprint density at radius 2 is 1.96 bits per heavy atom. The number of rotatable bonds is 4. The molecular formula is C17H15F5N4O2. The lowest BCUT2D eigenvalue weighted by Gasteiger charge is -2.23. The third-order valence-corrected chi connectivity index (χ3v) is 4.28. The van der Waals surface area contributed by atoms with E-state index in [0.717, 1.165) is 16.8 Å². The summed E-state index contributed by atoms with van der Waals surface area (Å²) in [5.74, 6) is -1.82. The highest BCUT2D eigenvalue weighted by Crippen LogP contribution is 2.35. The number of hydrogen-bond donors (Lipinski definition) is 2. The fraction of sp³-hybridized carbons (Fsp3) is 0.353. The Kier molecular flexibility index (Phi) is 4.86. The maximum atomic E-state index is 14.1. The second-order valence-corrected chi connectivity index (χ2v) is 6.54. The molecule has 2 heterocycles. The van der Waals surface area contributed by atoms with E-state index in [0.29, 0.717) is 6.07 Å². The summed E-state index contributed by atoms with van der Waals surface area (Å²) in [6, 6.07) is 0.827. The minimum Gasteiger partial charge on any atom is -0.480 e. The second-order valence-electron chi connectivity index (χ2n) is 6.54. The van der Waals surface area contributed by atoms with Gasteiger partial charge in [-0.15, -0.1) is 0 Å². The first-order valence-corrected chi connectivity index (χ1v) is 8.17. The highest BCUT2D eigenvalue weighted by molar-refractivity contribution is 5.77. The van der Waals surface area contributed by atoms with Gasteiger partial charge in [0.15, 0.2) is 5.65 Å². The average Bonchev–Trinajstić information content (AvgIpc) is 2.92. The number of benzene rings is 1. The number of nitrogens with one attached hydrogen (secondary N) is 1. The molecule has 0 fully saturated rings. The van der Waals surface area contributed by atoms with E-state index >= 15 is 0 Å². The molecule has 0 bridgehead atoms. The van der Waals surface area contributed by atoms with E-state index in [1.165, 1.54) is 0 Å². The molecule has 0 saturated carbocycles. The summed E-state index contributed by atoms with van der Waals surface area (Å²) in [6.07, 6.45) is -4.85. The highest BCUT2D eigenvalue weighted by Gasteiger charge is 2.35. The van der Waals surface area contributed by atoms with Crippen LogP contribution in [0.25, 0.3) is 11.0 Å². The number of aromatic nitrogens is 4. The Labute approximate surface area is 154 Å². The minimum absolute atomic E-state index is 0.122. The number of aromatic hydroxyl groups is 1. The summed E-state index contributed by atoms with van der Waals surface area (Å²) in [5.41, 5.74) is -2.52. The molecule has 150 valence electrons. The Bertz CT molecular complexity index is 1090. The Balaban J connectivity index is 2.25. The van der Waals surface area contributed by atoms with Crippen molar-refractivity contribution < 1.29 is 27.1 Å². The molecule has 0 aliphatic rings. The van der Waals surface area contributed by atoms with E-state index < -0.39 is 41.8 Å². The lowest BCUT2D eigenvalue weighted by molar-refractivity contribution is -0.140. The maximum Gasteiger partial charge on any atom is 0.419 e. The predicted octanol–water partition coefficient (Wildman–Crippen LogP) is 3.70. The zero-order valence-electron chi connectivity index (χ0n) is 14.7. The monoisotopic (exact) mass is 402 g/mol. The van der Waals surface area contributed by atoms with Gasteiger partial charge in [0.05, 0.1) is 11.6 Å². The van der Waals surface area contributed by atoms with Crippen molar-refractivity contribution in [3.8, 4) is 6.01 Å². The molecule has 0 aliphatic heterocycles. The molecule has 2 aromatic heterocycles. The van der Waals surface area contributed by atoms with E-state index in [1.807, 2.05) is 4.98 Å². The third-order valence-electron chi connectivity index (χ3n) is 4.28. The van der Waals surface area contributed by atoms with Crippen LogP contribution in [0.15, 0.2) is 23.0 Å². The first-order valence-electron chi connectivity index (χ1n) is 8.17. The van der Waals surface area contributed by atoms with Gasteiger partial charge in [0.25, 0.3) is 11.6 Å². The number of hydrogen-bond acceptors (Lipinski definition) is 4. The van der Waals surface area contributed by atoms with Crippen LogP contribution in [0, 0.1) is 11.7 Å². The van der Waals surface area contributed by atoms with Crippen molar-refractivity contribution in [2.45, 2.75) is 32.7 Å². The summed E-state index contributed by atoms with van der Waals surface area (Å²) in [4.78, 5) is 17.9. The molecule has 0 spiro atoms. The largest absolute Gasteiger partial charge is 0.480 e. The topological polar surface area (TPSA) is 83.8 Å². The summed E-state index contributed by atoms with van der Waals surface area (Å²) >= 11 is 0. The number of nitrogens with zero attached hydrogens (tertiary/aromatic N) is 3. The molecular weight excluding hydrogens is 387 g/mol. The van der Waals surface area contributed by atoms with Crippen molar-refractivity contribution in [1.82, 2.24) is 19.7 Å². The lowest BCUT2D eigenvalue weighted by atomic mass is 9.95. The summed E-state index contributed by atoms with van der Waals surface area (Å²) in [7, 11) is 0. The number of halogens is 5. The summed E-state index contributed by atoms with van der Waals surface area (Å²) in [5, 5.41) is 13.4. The van der Waals surface area contributed by atoms with Crippen molar-refractivity contribution in [3.63, 3.8) is 0 Å². The van der Waals surface area contributed by atoms with Gasteiger partial charge in [0.2, 0.25) is 0 Å². The van der Waals surface area contributed by atoms with E-state index in [-0.39, 0.29) is 28.2 Å². The predicted molar refractivity (Wildman–Crippen MR) is 89.0 cm³/mol. The molecule has 0 unspecified atom stereocenters. The van der Waals surface area contributed by atoms with Crippen LogP contribution in [0.1, 0.15) is 36.7 Å². The van der Waals surface area contributed by atoms with Crippen LogP contribution in [0.2, 0.25) is 0 Å². The van der Waals surface area contributed by atoms with E-state index in [4.69, 9.17) is 0 Å². The third kappa shape index (κ3) is 3.32. The van der Waals surface area contributed by atoms with Gasteiger partial charge >= 0.3 is 6.18 Å². The highest BCUT2D eigenvalue weighted by atomic mass is 19.4. The molecule has 0 aliphatic carbocycles. The summed E-state index contributed by atoms with van der Waals surface area (Å²) < 4.78 is 67.1. The van der Waals surface area contributed by atoms with Crippen molar-refractivity contribution in [2.24, 2.45) is 5.92 Å². The normalized spacial score (nSPS) is 13.4. The van der Waals surface area contributed by atoms with Gasteiger partial charge in [-0.05, 0) is 23.6 Å². The molecule has 28 heavy (non-hydrogen) atoms. The standard InChI is InChI=1S/C17H15F5N4O2/c1-7(2)13(8-3-4-9(10(19)5-8)17(20,21)22)26-14-12(11(6-18)25-26)15(27)24-16(28)23-14/h3-5,7,13H,6H2,1-2H3,(H2,23,24,27,28)/t13-/m0/s1. The number of aromatic amines is 1. The molecule has 11 heteroatoms. The van der Waals surface area contributed by atoms with E-state index in [1.54, 1.807) is 13.8 Å². The van der Waals surface area contributed by atoms with Gasteiger partial charge in [-0.2, -0.15) is 23.3 Å². The molecule has 2 N–H and O–H groups in total. The molecule has 1 atom stereocenters. The molecule has 0 amide bonds. The smallest absolute Gasteiger partial charge is 0.419 e. The van der Waals surface area contributed by atoms with Crippen LogP contribution in [0.3, 0.4) is 0 Å². The Morgan fingerprint density at radius 1 is 1.29 bits per heavy atom. The average molecular weight is 402 g/mol. The molecule has 6 nitrogen and oxygen atoms in total. The maximum absolute atomic E-state index is 14.1. The first kappa shape index (κ1) is 19.8. The van der Waals surface area contributed by atoms with Gasteiger partial charge in [-0.25, -0.2) is 13.5 Å². The molecule has 3 aromatic rings. The van der Waals surface area contributed by atoms with Crippen LogP contribution >= 0.6 is 0 Å².